The zero-order chi connectivity index (χ0) is 17.4. The van der Waals surface area contributed by atoms with Crippen LogP contribution in [0.2, 0.25) is 5.02 Å². The van der Waals surface area contributed by atoms with Gasteiger partial charge in [-0.05, 0) is 37.1 Å². The van der Waals surface area contributed by atoms with Gasteiger partial charge in [-0.3, -0.25) is 0 Å². The lowest BCUT2D eigenvalue weighted by atomic mass is 10.0. The molecule has 2 aromatic carbocycles. The molecular formula is C18H17ClN2O2S2. The van der Waals surface area contributed by atoms with Crippen LogP contribution in [0.3, 0.4) is 0 Å². The third kappa shape index (κ3) is 3.19. The van der Waals surface area contributed by atoms with Gasteiger partial charge in [-0.2, -0.15) is 4.31 Å². The van der Waals surface area contributed by atoms with Crippen LogP contribution in [-0.4, -0.2) is 30.8 Å². The van der Waals surface area contributed by atoms with Crippen LogP contribution in [0.15, 0.2) is 53.4 Å². The summed E-state index contributed by atoms with van der Waals surface area (Å²) >= 11 is 7.78. The van der Waals surface area contributed by atoms with E-state index in [1.807, 2.05) is 18.2 Å². The largest absolute Gasteiger partial charge is 0.244 e. The predicted octanol–water partition coefficient (Wildman–Crippen LogP) is 4.52. The molecule has 1 fully saturated rings. The molecule has 0 spiro atoms. The molecule has 1 aliphatic rings. The zero-order valence-electron chi connectivity index (χ0n) is 13.4. The molecule has 0 radical (unpaired) electrons. The average molecular weight is 393 g/mol. The Hall–Kier alpha value is -1.47. The Balaban J connectivity index is 1.63. The van der Waals surface area contributed by atoms with Crippen molar-refractivity contribution in [1.29, 1.82) is 0 Å². The molecule has 0 saturated carbocycles. The fourth-order valence-electron chi connectivity index (χ4n) is 3.22. The summed E-state index contributed by atoms with van der Waals surface area (Å²) in [6.45, 7) is 0.975. The van der Waals surface area contributed by atoms with Gasteiger partial charge in [0.05, 0.1) is 20.2 Å². The molecule has 1 unspecified atom stereocenters. The second-order valence-electron chi connectivity index (χ2n) is 6.15. The van der Waals surface area contributed by atoms with Crippen molar-refractivity contribution in [1.82, 2.24) is 9.29 Å². The number of hydrogen-bond donors (Lipinski definition) is 0. The monoisotopic (exact) mass is 392 g/mol. The fourth-order valence-corrected chi connectivity index (χ4v) is 6.33. The van der Waals surface area contributed by atoms with Crippen LogP contribution < -0.4 is 0 Å². The van der Waals surface area contributed by atoms with Gasteiger partial charge in [-0.1, -0.05) is 35.9 Å². The smallest absolute Gasteiger partial charge is 0.241 e. The third-order valence-electron chi connectivity index (χ3n) is 4.50. The van der Waals surface area contributed by atoms with Gasteiger partial charge in [0.25, 0.3) is 0 Å². The lowest BCUT2D eigenvalue weighted by Crippen LogP contribution is -2.39. The van der Waals surface area contributed by atoms with E-state index in [-0.39, 0.29) is 15.8 Å². The molecule has 4 nitrogen and oxygen atoms in total. The van der Waals surface area contributed by atoms with E-state index in [0.29, 0.717) is 13.1 Å². The van der Waals surface area contributed by atoms with Gasteiger partial charge in [-0.15, -0.1) is 11.3 Å². The van der Waals surface area contributed by atoms with Crippen LogP contribution in [0.4, 0.5) is 0 Å². The van der Waals surface area contributed by atoms with Crippen LogP contribution in [0.25, 0.3) is 10.2 Å². The van der Waals surface area contributed by atoms with Crippen molar-refractivity contribution >= 4 is 43.2 Å². The summed E-state index contributed by atoms with van der Waals surface area (Å²) in [4.78, 5) is 4.90. The van der Waals surface area contributed by atoms with Crippen molar-refractivity contribution in [3.05, 3.63) is 58.6 Å². The lowest BCUT2D eigenvalue weighted by Gasteiger charge is -2.31. The van der Waals surface area contributed by atoms with E-state index in [0.717, 1.165) is 28.1 Å². The highest BCUT2D eigenvalue weighted by molar-refractivity contribution is 7.89. The summed E-state index contributed by atoms with van der Waals surface area (Å²) in [5.74, 6) is 0.128. The number of fused-ring (bicyclic) bond motifs is 1. The minimum absolute atomic E-state index is 0.128. The van der Waals surface area contributed by atoms with Crippen LogP contribution in [0.1, 0.15) is 23.8 Å². The predicted molar refractivity (Wildman–Crippen MR) is 102 cm³/mol. The van der Waals surface area contributed by atoms with Crippen LogP contribution in [-0.2, 0) is 10.0 Å². The van der Waals surface area contributed by atoms with Crippen LogP contribution in [0, 0.1) is 0 Å². The lowest BCUT2D eigenvalue weighted by molar-refractivity contribution is 0.315. The summed E-state index contributed by atoms with van der Waals surface area (Å²) in [6, 6.07) is 14.6. The molecule has 1 atom stereocenters. The summed E-state index contributed by atoms with van der Waals surface area (Å²) in [7, 11) is -3.59. The van der Waals surface area contributed by atoms with E-state index in [1.165, 1.54) is 0 Å². The standard InChI is InChI=1S/C18H17ClN2O2S2/c19-14-7-1-4-10-17(14)25(22,23)21-11-5-6-13(12-21)18-20-15-8-2-3-9-16(15)24-18/h1-4,7-10,13H,5-6,11-12H2. The molecule has 0 N–H and O–H groups in total. The van der Waals surface area contributed by atoms with Crippen molar-refractivity contribution in [2.75, 3.05) is 13.1 Å². The number of thiazole rings is 1. The Kier molecular flexibility index (Phi) is 4.54. The van der Waals surface area contributed by atoms with Gasteiger partial charge in [0.2, 0.25) is 10.0 Å². The topological polar surface area (TPSA) is 50.3 Å². The molecule has 25 heavy (non-hydrogen) atoms. The molecule has 7 heteroatoms. The van der Waals surface area contributed by atoms with Gasteiger partial charge in [0.15, 0.2) is 0 Å². The van der Waals surface area contributed by atoms with E-state index in [1.54, 1.807) is 39.9 Å². The van der Waals surface area contributed by atoms with Crippen molar-refractivity contribution in [3.8, 4) is 0 Å². The van der Waals surface area contributed by atoms with Crippen LogP contribution in [0.5, 0.6) is 0 Å². The van der Waals surface area contributed by atoms with E-state index in [2.05, 4.69) is 6.07 Å². The maximum absolute atomic E-state index is 13.0. The van der Waals surface area contributed by atoms with Gasteiger partial charge in [-0.25, -0.2) is 13.4 Å². The number of para-hydroxylation sites is 1. The minimum Gasteiger partial charge on any atom is -0.241 e. The van der Waals surface area contributed by atoms with Crippen molar-refractivity contribution < 1.29 is 8.42 Å². The maximum atomic E-state index is 13.0. The molecule has 1 aliphatic heterocycles. The number of aromatic nitrogens is 1. The maximum Gasteiger partial charge on any atom is 0.244 e. The minimum atomic E-state index is -3.59. The van der Waals surface area contributed by atoms with E-state index in [9.17, 15) is 8.42 Å². The van der Waals surface area contributed by atoms with Gasteiger partial charge in [0, 0.05) is 19.0 Å². The van der Waals surface area contributed by atoms with Gasteiger partial charge >= 0.3 is 0 Å². The van der Waals surface area contributed by atoms with Crippen molar-refractivity contribution in [3.63, 3.8) is 0 Å². The molecule has 130 valence electrons. The zero-order valence-corrected chi connectivity index (χ0v) is 15.8. The van der Waals surface area contributed by atoms with E-state index >= 15 is 0 Å². The molecule has 4 rings (SSSR count). The van der Waals surface area contributed by atoms with Crippen molar-refractivity contribution in [2.24, 2.45) is 0 Å². The number of halogens is 1. The summed E-state index contributed by atoms with van der Waals surface area (Å²) in [6.07, 6.45) is 1.78. The first-order valence-electron chi connectivity index (χ1n) is 8.16. The third-order valence-corrected chi connectivity index (χ3v) is 8.06. The molecule has 0 aliphatic carbocycles. The second-order valence-corrected chi connectivity index (χ2v) is 9.53. The SMILES string of the molecule is O=S(=O)(c1ccccc1Cl)N1CCCC(c2nc3ccccc3s2)C1. The van der Waals surface area contributed by atoms with Gasteiger partial charge in [0.1, 0.15) is 4.90 Å². The summed E-state index contributed by atoms with van der Waals surface area (Å²) in [5.41, 5.74) is 0.980. The highest BCUT2D eigenvalue weighted by Gasteiger charge is 2.33. The Bertz CT molecular complexity index is 984. The van der Waals surface area contributed by atoms with Crippen LogP contribution >= 0.6 is 22.9 Å². The highest BCUT2D eigenvalue weighted by Crippen LogP contribution is 2.35. The van der Waals surface area contributed by atoms with E-state index < -0.39 is 10.0 Å². The molecule has 1 aromatic heterocycles. The normalized spacial score (nSPS) is 19.3. The van der Waals surface area contributed by atoms with Gasteiger partial charge < -0.3 is 0 Å². The highest BCUT2D eigenvalue weighted by atomic mass is 35.5. The molecule has 0 bridgehead atoms. The first kappa shape index (κ1) is 17.0. The Morgan fingerprint density at radius 2 is 1.88 bits per heavy atom. The molecule has 1 saturated heterocycles. The Morgan fingerprint density at radius 3 is 2.68 bits per heavy atom. The molecule has 2 heterocycles. The number of rotatable bonds is 3. The molecule has 3 aromatic rings. The van der Waals surface area contributed by atoms with Crippen molar-refractivity contribution in [2.45, 2.75) is 23.7 Å². The summed E-state index contributed by atoms with van der Waals surface area (Å²) in [5, 5.41) is 1.28. The number of hydrogen-bond acceptors (Lipinski definition) is 4. The first-order chi connectivity index (χ1) is 12.1. The number of nitrogens with zero attached hydrogens (tertiary/aromatic N) is 2. The fraction of sp³-hybridized carbons (Fsp3) is 0.278. The average Bonchev–Trinajstić information content (AvgIpc) is 3.06. The Morgan fingerprint density at radius 1 is 1.12 bits per heavy atom. The second kappa shape index (κ2) is 6.68. The molecular weight excluding hydrogens is 376 g/mol. The number of sulfonamides is 1. The quantitative estimate of drug-likeness (QED) is 0.658. The summed E-state index contributed by atoms with van der Waals surface area (Å²) < 4.78 is 28.7. The number of piperidine rings is 1. The number of benzene rings is 2. The first-order valence-corrected chi connectivity index (χ1v) is 10.8. The van der Waals surface area contributed by atoms with E-state index in [4.69, 9.17) is 16.6 Å². The Labute approximate surface area is 156 Å². The molecule has 0 amide bonds.